The molecule has 0 unspecified atom stereocenters. The van der Waals surface area contributed by atoms with Crippen LogP contribution in [-0.2, 0) is 4.74 Å². The van der Waals surface area contributed by atoms with E-state index >= 15 is 0 Å². The minimum atomic E-state index is 0.372. The molecule has 0 aliphatic carbocycles. The minimum absolute atomic E-state index is 0.372. The summed E-state index contributed by atoms with van der Waals surface area (Å²) in [5.41, 5.74) is 0. The van der Waals surface area contributed by atoms with Gasteiger partial charge in [0.15, 0.2) is 0 Å². The molecule has 0 saturated carbocycles. The first-order valence-corrected chi connectivity index (χ1v) is 16.1. The lowest BCUT2D eigenvalue weighted by Gasteiger charge is -2.04. The Kier molecular flexibility index (Phi) is 32.8. The summed E-state index contributed by atoms with van der Waals surface area (Å²) < 4.78 is 5.39. The third-order valence-corrected chi connectivity index (χ3v) is 7.40. The van der Waals surface area contributed by atoms with Crippen LogP contribution in [0.25, 0.3) is 0 Å². The van der Waals surface area contributed by atoms with Gasteiger partial charge in [0, 0.05) is 19.8 Å². The molecule has 0 rings (SSSR count). The van der Waals surface area contributed by atoms with Crippen LogP contribution in [0.15, 0.2) is 0 Å². The summed E-state index contributed by atoms with van der Waals surface area (Å²) in [6, 6.07) is 0. The van der Waals surface area contributed by atoms with Crippen LogP contribution in [0.1, 0.15) is 187 Å². The van der Waals surface area contributed by atoms with E-state index in [1.807, 2.05) is 0 Å². The molecule has 0 heterocycles. The molecule has 0 radical (unpaired) electrons. The molecule has 0 fully saturated rings. The van der Waals surface area contributed by atoms with E-state index < -0.39 is 0 Å². The van der Waals surface area contributed by atoms with Gasteiger partial charge < -0.3 is 9.84 Å². The van der Waals surface area contributed by atoms with Crippen LogP contribution in [0, 0.1) is 0 Å². The predicted molar refractivity (Wildman–Crippen MR) is 153 cm³/mol. The lowest BCUT2D eigenvalue weighted by Crippen LogP contribution is -1.92. The fourth-order valence-corrected chi connectivity index (χ4v) is 5.06. The van der Waals surface area contributed by atoms with Gasteiger partial charge in [-0.15, -0.1) is 0 Å². The average Bonchev–Trinajstić information content (AvgIpc) is 2.85. The van der Waals surface area contributed by atoms with Gasteiger partial charge in [-0.1, -0.05) is 167 Å². The minimum Gasteiger partial charge on any atom is -0.396 e. The van der Waals surface area contributed by atoms with Crippen molar-refractivity contribution in [2.45, 2.75) is 187 Å². The van der Waals surface area contributed by atoms with E-state index in [9.17, 15) is 0 Å². The quantitative estimate of drug-likeness (QED) is 0.0995. The van der Waals surface area contributed by atoms with Crippen LogP contribution < -0.4 is 0 Å². The number of aliphatic hydroxyl groups excluding tert-OH is 1. The van der Waals surface area contributed by atoms with E-state index in [-0.39, 0.29) is 0 Å². The fourth-order valence-electron chi connectivity index (χ4n) is 5.06. The highest BCUT2D eigenvalue weighted by Crippen LogP contribution is 2.16. The van der Waals surface area contributed by atoms with Crippen molar-refractivity contribution in [2.24, 2.45) is 0 Å². The molecule has 0 aromatic carbocycles. The molecule has 0 aromatic rings. The fraction of sp³-hybridized carbons (Fsp3) is 1.00. The molecule has 0 aliphatic heterocycles. The summed E-state index contributed by atoms with van der Waals surface area (Å²) in [6.45, 7) is 4.29. The van der Waals surface area contributed by atoms with Crippen LogP contribution in [0.5, 0.6) is 0 Å². The second-order valence-electron chi connectivity index (χ2n) is 10.8. The molecule has 2 nitrogen and oxygen atoms in total. The van der Waals surface area contributed by atoms with E-state index in [4.69, 9.17) is 9.84 Å². The lowest BCUT2D eigenvalue weighted by molar-refractivity contribution is 0.143. The Morgan fingerprint density at radius 2 is 0.529 bits per heavy atom. The molecule has 34 heavy (non-hydrogen) atoms. The van der Waals surface area contributed by atoms with Crippen molar-refractivity contribution in [3.63, 3.8) is 0 Å². The largest absolute Gasteiger partial charge is 0.396 e. The zero-order chi connectivity index (χ0) is 24.6. The Hall–Kier alpha value is -0.0800. The maximum atomic E-state index is 8.77. The number of unbranched alkanes of at least 4 members (excludes halogenated alkanes) is 27. The molecule has 0 saturated heterocycles. The van der Waals surface area contributed by atoms with Gasteiger partial charge in [-0.3, -0.25) is 0 Å². The van der Waals surface area contributed by atoms with E-state index in [2.05, 4.69) is 6.92 Å². The van der Waals surface area contributed by atoms with Crippen molar-refractivity contribution in [2.75, 3.05) is 19.8 Å². The van der Waals surface area contributed by atoms with E-state index in [1.54, 1.807) is 0 Å². The first kappa shape index (κ1) is 33.9. The summed E-state index contributed by atoms with van der Waals surface area (Å²) in [7, 11) is 0. The monoisotopic (exact) mass is 483 g/mol. The van der Waals surface area contributed by atoms with Gasteiger partial charge >= 0.3 is 0 Å². The van der Waals surface area contributed by atoms with Crippen LogP contribution in [0.4, 0.5) is 0 Å². The van der Waals surface area contributed by atoms with Crippen molar-refractivity contribution < 1.29 is 9.84 Å². The normalized spacial score (nSPS) is 11.5. The molecule has 1 N–H and O–H groups in total. The summed E-state index contributed by atoms with van der Waals surface area (Å²) in [4.78, 5) is 0. The van der Waals surface area contributed by atoms with Gasteiger partial charge in [0.25, 0.3) is 0 Å². The SMILES string of the molecule is CCOCCCCCCCCCCCCCCCCCCCCCCCCCCCCCCO. The highest BCUT2D eigenvalue weighted by molar-refractivity contribution is 4.52. The summed E-state index contributed by atoms with van der Waals surface area (Å²) >= 11 is 0. The second-order valence-corrected chi connectivity index (χ2v) is 10.8. The van der Waals surface area contributed by atoms with Crippen molar-refractivity contribution >= 4 is 0 Å². The molecule has 0 spiro atoms. The Labute approximate surface area is 216 Å². The predicted octanol–water partition coefficient (Wildman–Crippen LogP) is 10.9. The number of ether oxygens (including phenoxy) is 1. The van der Waals surface area contributed by atoms with Gasteiger partial charge in [-0.05, 0) is 19.8 Å². The van der Waals surface area contributed by atoms with Crippen molar-refractivity contribution in [1.29, 1.82) is 0 Å². The molecule has 2 heteroatoms. The van der Waals surface area contributed by atoms with Crippen LogP contribution in [0.3, 0.4) is 0 Å². The Morgan fingerprint density at radius 1 is 0.324 bits per heavy atom. The molecule has 0 bridgehead atoms. The molecular weight excluding hydrogens is 416 g/mol. The number of hydrogen-bond acceptors (Lipinski definition) is 2. The second kappa shape index (κ2) is 32.9. The van der Waals surface area contributed by atoms with E-state index in [0.29, 0.717) is 6.61 Å². The Bertz CT molecular complexity index is 299. The van der Waals surface area contributed by atoms with Crippen molar-refractivity contribution in [3.05, 3.63) is 0 Å². The van der Waals surface area contributed by atoms with Crippen LogP contribution in [0.2, 0.25) is 0 Å². The first-order valence-electron chi connectivity index (χ1n) is 16.1. The summed E-state index contributed by atoms with van der Waals surface area (Å²) in [5.74, 6) is 0. The third-order valence-electron chi connectivity index (χ3n) is 7.40. The molecular formula is C32H66O2. The van der Waals surface area contributed by atoms with E-state index in [0.717, 1.165) is 19.6 Å². The highest BCUT2D eigenvalue weighted by atomic mass is 16.5. The van der Waals surface area contributed by atoms with Crippen LogP contribution in [-0.4, -0.2) is 24.9 Å². The Morgan fingerprint density at radius 3 is 0.735 bits per heavy atom. The van der Waals surface area contributed by atoms with Gasteiger partial charge in [0.05, 0.1) is 0 Å². The molecule has 0 aliphatic rings. The maximum Gasteiger partial charge on any atom is 0.0465 e. The highest BCUT2D eigenvalue weighted by Gasteiger charge is 1.97. The number of hydrogen-bond donors (Lipinski definition) is 1. The lowest BCUT2D eigenvalue weighted by atomic mass is 10.0. The molecule has 206 valence electrons. The van der Waals surface area contributed by atoms with Crippen molar-refractivity contribution in [3.8, 4) is 0 Å². The molecule has 0 aromatic heterocycles. The van der Waals surface area contributed by atoms with Gasteiger partial charge in [-0.2, -0.15) is 0 Å². The summed E-state index contributed by atoms with van der Waals surface area (Å²) in [6.07, 6.45) is 39.6. The third kappa shape index (κ3) is 31.9. The zero-order valence-electron chi connectivity index (χ0n) is 23.8. The van der Waals surface area contributed by atoms with Gasteiger partial charge in [0.1, 0.15) is 0 Å². The zero-order valence-corrected chi connectivity index (χ0v) is 23.8. The molecule has 0 atom stereocenters. The van der Waals surface area contributed by atoms with Crippen LogP contribution >= 0.6 is 0 Å². The topological polar surface area (TPSA) is 29.5 Å². The van der Waals surface area contributed by atoms with E-state index in [1.165, 1.54) is 173 Å². The summed E-state index contributed by atoms with van der Waals surface area (Å²) in [5, 5.41) is 8.77. The average molecular weight is 483 g/mol. The number of rotatable bonds is 31. The first-order chi connectivity index (χ1) is 16.9. The number of aliphatic hydroxyl groups is 1. The Balaban J connectivity index is 2.99. The smallest absolute Gasteiger partial charge is 0.0465 e. The van der Waals surface area contributed by atoms with Gasteiger partial charge in [0.2, 0.25) is 0 Å². The van der Waals surface area contributed by atoms with Crippen molar-refractivity contribution in [1.82, 2.24) is 0 Å². The maximum absolute atomic E-state index is 8.77. The molecule has 0 amide bonds. The standard InChI is InChI=1S/C32H66O2/c1-2-34-32-30-28-26-24-22-20-18-16-14-12-10-8-6-4-3-5-7-9-11-13-15-17-19-21-23-25-27-29-31-33/h33H,2-32H2,1H3. The van der Waals surface area contributed by atoms with Gasteiger partial charge in [-0.25, -0.2) is 0 Å².